The lowest BCUT2D eigenvalue weighted by atomic mass is 10.0. The van der Waals surface area contributed by atoms with E-state index in [9.17, 15) is 10.2 Å². The molecule has 0 saturated carbocycles. The molecule has 3 atom stereocenters. The molecule has 3 nitrogen and oxygen atoms in total. The first-order valence-electron chi connectivity index (χ1n) is 7.83. The zero-order chi connectivity index (χ0) is 15.9. The summed E-state index contributed by atoms with van der Waals surface area (Å²) in [6.07, 6.45) is 0.0187. The quantitative estimate of drug-likeness (QED) is 0.818. The summed E-state index contributed by atoms with van der Waals surface area (Å²) in [5.41, 5.74) is 2.20. The van der Waals surface area contributed by atoms with Crippen LogP contribution in [-0.4, -0.2) is 28.5 Å². The molecule has 2 aromatic rings. The van der Waals surface area contributed by atoms with Crippen LogP contribution in [0.1, 0.15) is 26.7 Å². The second-order valence-electron chi connectivity index (χ2n) is 5.86. The molecule has 0 bridgehead atoms. The highest BCUT2D eigenvalue weighted by Gasteiger charge is 2.20. The van der Waals surface area contributed by atoms with Crippen LogP contribution in [0, 0.1) is 0 Å². The first kappa shape index (κ1) is 16.5. The molecular formula is C19H25NO2. The van der Waals surface area contributed by atoms with Gasteiger partial charge in [-0.3, -0.25) is 0 Å². The van der Waals surface area contributed by atoms with E-state index in [1.165, 1.54) is 0 Å². The molecule has 0 radical (unpaired) electrons. The van der Waals surface area contributed by atoms with Crippen molar-refractivity contribution in [3.63, 3.8) is 0 Å². The second kappa shape index (κ2) is 7.97. The maximum absolute atomic E-state index is 10.1. The number of hydrogen-bond donors (Lipinski definition) is 2. The summed E-state index contributed by atoms with van der Waals surface area (Å²) in [5.74, 6) is 0. The summed E-state index contributed by atoms with van der Waals surface area (Å²) < 4.78 is 0. The number of rotatable bonds is 7. The lowest BCUT2D eigenvalue weighted by molar-refractivity contribution is 0.0818. The molecule has 22 heavy (non-hydrogen) atoms. The third kappa shape index (κ3) is 4.58. The Morgan fingerprint density at radius 3 is 1.64 bits per heavy atom. The van der Waals surface area contributed by atoms with Gasteiger partial charge in [0.25, 0.3) is 0 Å². The number of nitrogens with zero attached hydrogens (tertiary/aromatic N) is 1. The summed E-state index contributed by atoms with van der Waals surface area (Å²) in [4.78, 5) is 2.23. The lowest BCUT2D eigenvalue weighted by Crippen LogP contribution is -2.32. The van der Waals surface area contributed by atoms with Crippen LogP contribution in [0.2, 0.25) is 0 Å². The highest BCUT2D eigenvalue weighted by atomic mass is 16.3. The van der Waals surface area contributed by atoms with Gasteiger partial charge in [-0.05, 0) is 51.0 Å². The van der Waals surface area contributed by atoms with E-state index < -0.39 is 12.2 Å². The maximum Gasteiger partial charge on any atom is 0.0584 e. The number of benzene rings is 2. The van der Waals surface area contributed by atoms with E-state index in [1.54, 1.807) is 6.92 Å². The van der Waals surface area contributed by atoms with E-state index in [0.29, 0.717) is 12.8 Å². The summed E-state index contributed by atoms with van der Waals surface area (Å²) >= 11 is 0. The first-order valence-corrected chi connectivity index (χ1v) is 7.83. The fraction of sp³-hybridized carbons (Fsp3) is 0.368. The summed E-state index contributed by atoms with van der Waals surface area (Å²) in [5, 5.41) is 19.6. The summed E-state index contributed by atoms with van der Waals surface area (Å²) in [6.45, 7) is 3.81. The van der Waals surface area contributed by atoms with Crippen molar-refractivity contribution in [3.8, 4) is 0 Å². The van der Waals surface area contributed by atoms with Crippen molar-refractivity contribution in [2.45, 2.75) is 44.9 Å². The minimum Gasteiger partial charge on any atom is -0.393 e. The molecule has 0 saturated heterocycles. The Morgan fingerprint density at radius 1 is 0.773 bits per heavy atom. The Balaban J connectivity index is 2.21. The van der Waals surface area contributed by atoms with Crippen molar-refractivity contribution in [3.05, 3.63) is 60.7 Å². The van der Waals surface area contributed by atoms with Gasteiger partial charge in [0, 0.05) is 17.4 Å². The molecule has 0 spiro atoms. The van der Waals surface area contributed by atoms with Crippen LogP contribution in [0.25, 0.3) is 0 Å². The first-order chi connectivity index (χ1) is 10.6. The van der Waals surface area contributed by atoms with Gasteiger partial charge in [-0.1, -0.05) is 36.4 Å². The third-order valence-electron chi connectivity index (χ3n) is 3.74. The molecule has 3 unspecified atom stereocenters. The standard InChI is InChI=1S/C19H25NO2/c1-15(13-19(22)14-16(2)21)20(17-9-5-3-6-10-17)18-11-7-4-8-12-18/h3-12,15-16,19,21-22H,13-14H2,1-2H3. The molecule has 3 heteroatoms. The van der Waals surface area contributed by atoms with Crippen LogP contribution >= 0.6 is 0 Å². The predicted molar refractivity (Wildman–Crippen MR) is 91.4 cm³/mol. The molecule has 2 N–H and O–H groups in total. The Morgan fingerprint density at radius 2 is 1.23 bits per heavy atom. The Hall–Kier alpha value is -1.84. The van der Waals surface area contributed by atoms with Crippen LogP contribution in [0.3, 0.4) is 0 Å². The van der Waals surface area contributed by atoms with E-state index in [-0.39, 0.29) is 6.04 Å². The predicted octanol–water partition coefficient (Wildman–Crippen LogP) is 3.74. The monoisotopic (exact) mass is 299 g/mol. The van der Waals surface area contributed by atoms with E-state index in [1.807, 2.05) is 36.4 Å². The van der Waals surface area contributed by atoms with Crippen LogP contribution in [0.4, 0.5) is 11.4 Å². The van der Waals surface area contributed by atoms with Crippen molar-refractivity contribution < 1.29 is 10.2 Å². The van der Waals surface area contributed by atoms with Crippen molar-refractivity contribution in [1.82, 2.24) is 0 Å². The van der Waals surface area contributed by atoms with Crippen LogP contribution < -0.4 is 4.90 Å². The molecule has 0 aliphatic heterocycles. The van der Waals surface area contributed by atoms with E-state index in [4.69, 9.17) is 0 Å². The van der Waals surface area contributed by atoms with Gasteiger partial charge in [0.15, 0.2) is 0 Å². The van der Waals surface area contributed by atoms with Gasteiger partial charge in [-0.15, -0.1) is 0 Å². The van der Waals surface area contributed by atoms with E-state index in [0.717, 1.165) is 11.4 Å². The minimum atomic E-state index is -0.509. The van der Waals surface area contributed by atoms with Gasteiger partial charge < -0.3 is 15.1 Å². The molecule has 0 aromatic heterocycles. The normalized spacial score (nSPS) is 15.1. The van der Waals surface area contributed by atoms with Crippen molar-refractivity contribution in [2.24, 2.45) is 0 Å². The molecule has 118 valence electrons. The second-order valence-corrected chi connectivity index (χ2v) is 5.86. The molecular weight excluding hydrogens is 274 g/mol. The van der Waals surface area contributed by atoms with Crippen LogP contribution in [0.5, 0.6) is 0 Å². The van der Waals surface area contributed by atoms with E-state index >= 15 is 0 Å². The SMILES string of the molecule is CC(O)CC(O)CC(C)N(c1ccccc1)c1ccccc1. The maximum atomic E-state index is 10.1. The molecule has 2 rings (SSSR count). The Labute approximate surface area is 132 Å². The van der Waals surface area contributed by atoms with Gasteiger partial charge in [0.2, 0.25) is 0 Å². The topological polar surface area (TPSA) is 43.7 Å². The molecule has 2 aromatic carbocycles. The third-order valence-corrected chi connectivity index (χ3v) is 3.74. The van der Waals surface area contributed by atoms with Crippen molar-refractivity contribution >= 4 is 11.4 Å². The highest BCUT2D eigenvalue weighted by molar-refractivity contribution is 5.63. The van der Waals surface area contributed by atoms with Gasteiger partial charge in [0.1, 0.15) is 0 Å². The Bertz CT molecular complexity index is 502. The van der Waals surface area contributed by atoms with Crippen molar-refractivity contribution in [1.29, 1.82) is 0 Å². The number of aliphatic hydroxyl groups is 2. The number of aliphatic hydroxyl groups excluding tert-OH is 2. The Kier molecular flexibility index (Phi) is 5.99. The molecule has 0 heterocycles. The van der Waals surface area contributed by atoms with Crippen LogP contribution in [-0.2, 0) is 0 Å². The summed E-state index contributed by atoms with van der Waals surface area (Å²) in [7, 11) is 0. The highest BCUT2D eigenvalue weighted by Crippen LogP contribution is 2.29. The van der Waals surface area contributed by atoms with Crippen LogP contribution in [0.15, 0.2) is 60.7 Å². The number of para-hydroxylation sites is 2. The average molecular weight is 299 g/mol. The number of hydrogen-bond acceptors (Lipinski definition) is 3. The smallest absolute Gasteiger partial charge is 0.0584 e. The molecule has 0 aliphatic rings. The van der Waals surface area contributed by atoms with Crippen molar-refractivity contribution in [2.75, 3.05) is 4.90 Å². The average Bonchev–Trinajstić information content (AvgIpc) is 2.48. The zero-order valence-electron chi connectivity index (χ0n) is 13.3. The summed E-state index contributed by atoms with van der Waals surface area (Å²) in [6, 6.07) is 20.5. The molecule has 0 aliphatic carbocycles. The van der Waals surface area contributed by atoms with Gasteiger partial charge in [0.05, 0.1) is 12.2 Å². The van der Waals surface area contributed by atoms with E-state index in [2.05, 4.69) is 36.1 Å². The number of anilines is 2. The molecule has 0 fully saturated rings. The zero-order valence-corrected chi connectivity index (χ0v) is 13.3. The van der Waals surface area contributed by atoms with Gasteiger partial charge in [-0.25, -0.2) is 0 Å². The largest absolute Gasteiger partial charge is 0.393 e. The fourth-order valence-electron chi connectivity index (χ4n) is 2.82. The fourth-order valence-corrected chi connectivity index (χ4v) is 2.82. The molecule has 0 amide bonds. The van der Waals surface area contributed by atoms with Gasteiger partial charge >= 0.3 is 0 Å². The lowest BCUT2D eigenvalue weighted by Gasteiger charge is -2.33. The van der Waals surface area contributed by atoms with Gasteiger partial charge in [-0.2, -0.15) is 0 Å². The minimum absolute atomic E-state index is 0.124.